The number of nitrogens with one attached hydrogen (secondary N) is 1. The molecule has 0 aromatic carbocycles. The van der Waals surface area contributed by atoms with Crippen molar-refractivity contribution in [3.05, 3.63) is 12.3 Å². The smallest absolute Gasteiger partial charge is 0.0227 e. The molecule has 1 heterocycles. The molecule has 0 saturated carbocycles. The van der Waals surface area contributed by atoms with E-state index in [4.69, 9.17) is 0 Å². The van der Waals surface area contributed by atoms with Crippen LogP contribution in [0.1, 0.15) is 6.42 Å². The minimum absolute atomic E-state index is 0.660. The predicted molar refractivity (Wildman–Crippen MR) is 39.7 cm³/mol. The third kappa shape index (κ3) is 1.98. The lowest BCUT2D eigenvalue weighted by Gasteiger charge is -2.09. The van der Waals surface area contributed by atoms with Gasteiger partial charge in [-0.2, -0.15) is 0 Å². The summed E-state index contributed by atoms with van der Waals surface area (Å²) in [6.07, 6.45) is 7.04. The van der Waals surface area contributed by atoms with Crippen molar-refractivity contribution in [2.75, 3.05) is 13.6 Å². The first-order chi connectivity index (χ1) is 4.43. The second kappa shape index (κ2) is 3.41. The number of nitrogens with zero attached hydrogens (tertiary/aromatic N) is 1. The van der Waals surface area contributed by atoms with E-state index in [9.17, 15) is 0 Å². The molecule has 0 aromatic heterocycles. The number of rotatable bonds is 2. The summed E-state index contributed by atoms with van der Waals surface area (Å²) in [4.78, 5) is 3.98. The monoisotopic (exact) mass is 124 g/mol. The highest BCUT2D eigenvalue weighted by Gasteiger charge is 2.02. The summed E-state index contributed by atoms with van der Waals surface area (Å²) in [5.41, 5.74) is 0. The Morgan fingerprint density at radius 2 is 2.67 bits per heavy atom. The molecule has 9 heavy (non-hydrogen) atoms. The molecule has 50 valence electrons. The molecule has 1 rings (SSSR count). The molecular formula is C7H12N2. The standard InChI is InChI=1S/C7H12N2/c1-8-6-7-2-4-9-5-3-7/h2,4-5,7-8H,3,6H2,1H3. The lowest BCUT2D eigenvalue weighted by molar-refractivity contribution is 0.617. The maximum absolute atomic E-state index is 3.98. The normalized spacial score (nSPS) is 24.8. The van der Waals surface area contributed by atoms with Crippen molar-refractivity contribution in [2.24, 2.45) is 10.9 Å². The quantitative estimate of drug-likeness (QED) is 0.578. The Bertz CT molecular complexity index is 127. The summed E-state index contributed by atoms with van der Waals surface area (Å²) < 4.78 is 0. The molecule has 2 nitrogen and oxygen atoms in total. The van der Waals surface area contributed by atoms with Crippen LogP contribution in [0.15, 0.2) is 17.3 Å². The molecule has 0 saturated heterocycles. The zero-order valence-electron chi connectivity index (χ0n) is 5.67. The van der Waals surface area contributed by atoms with Crippen molar-refractivity contribution < 1.29 is 0 Å². The summed E-state index contributed by atoms with van der Waals surface area (Å²) in [7, 11) is 1.97. The van der Waals surface area contributed by atoms with E-state index >= 15 is 0 Å². The number of hydrogen-bond donors (Lipinski definition) is 1. The van der Waals surface area contributed by atoms with Crippen molar-refractivity contribution in [1.29, 1.82) is 0 Å². The van der Waals surface area contributed by atoms with Gasteiger partial charge in [0.2, 0.25) is 0 Å². The van der Waals surface area contributed by atoms with Crippen molar-refractivity contribution in [2.45, 2.75) is 6.42 Å². The Kier molecular flexibility index (Phi) is 2.46. The third-order valence-electron chi connectivity index (χ3n) is 1.42. The third-order valence-corrected chi connectivity index (χ3v) is 1.42. The van der Waals surface area contributed by atoms with Crippen LogP contribution in [0.2, 0.25) is 0 Å². The Labute approximate surface area is 55.7 Å². The second-order valence-electron chi connectivity index (χ2n) is 2.23. The highest BCUT2D eigenvalue weighted by Crippen LogP contribution is 2.05. The van der Waals surface area contributed by atoms with Gasteiger partial charge in [-0.05, 0) is 19.4 Å². The fourth-order valence-electron chi connectivity index (χ4n) is 0.921. The molecule has 1 N–H and O–H groups in total. The second-order valence-corrected chi connectivity index (χ2v) is 2.23. The highest BCUT2D eigenvalue weighted by atomic mass is 14.8. The van der Waals surface area contributed by atoms with Crippen molar-refractivity contribution in [1.82, 2.24) is 5.32 Å². The van der Waals surface area contributed by atoms with Gasteiger partial charge in [0, 0.05) is 19.0 Å². The maximum atomic E-state index is 3.98. The van der Waals surface area contributed by atoms with Gasteiger partial charge in [-0.15, -0.1) is 0 Å². The molecule has 1 aliphatic rings. The van der Waals surface area contributed by atoms with E-state index in [1.54, 1.807) is 0 Å². The molecule has 2 heteroatoms. The molecule has 0 radical (unpaired) electrons. The zero-order valence-corrected chi connectivity index (χ0v) is 5.67. The summed E-state index contributed by atoms with van der Waals surface area (Å²) in [6, 6.07) is 0. The van der Waals surface area contributed by atoms with Crippen LogP contribution in [0.3, 0.4) is 0 Å². The minimum Gasteiger partial charge on any atom is -0.319 e. The molecule has 0 aliphatic carbocycles. The van der Waals surface area contributed by atoms with Crippen LogP contribution in [0.25, 0.3) is 0 Å². The first kappa shape index (κ1) is 6.49. The van der Waals surface area contributed by atoms with Crippen LogP contribution in [0.5, 0.6) is 0 Å². The summed E-state index contributed by atoms with van der Waals surface area (Å²) in [5.74, 6) is 0.660. The van der Waals surface area contributed by atoms with Gasteiger partial charge in [-0.3, -0.25) is 4.99 Å². The molecule has 0 fully saturated rings. The Balaban J connectivity index is 2.28. The molecule has 1 unspecified atom stereocenters. The largest absolute Gasteiger partial charge is 0.319 e. The Hall–Kier alpha value is -0.630. The van der Waals surface area contributed by atoms with Gasteiger partial charge in [-0.1, -0.05) is 6.08 Å². The first-order valence-corrected chi connectivity index (χ1v) is 3.26. The topological polar surface area (TPSA) is 24.4 Å². The van der Waals surface area contributed by atoms with E-state index in [1.165, 1.54) is 0 Å². The summed E-state index contributed by atoms with van der Waals surface area (Å²) in [5, 5.41) is 3.12. The molecule has 0 aromatic rings. The number of aliphatic imine (C=N–C) groups is 1. The highest BCUT2D eigenvalue weighted by molar-refractivity contribution is 5.60. The molecule has 1 atom stereocenters. The molecule has 0 amide bonds. The lowest BCUT2D eigenvalue weighted by atomic mass is 10.1. The van der Waals surface area contributed by atoms with E-state index in [0.29, 0.717) is 5.92 Å². The average Bonchev–Trinajstić information content (AvgIpc) is 1.91. The molecule has 0 spiro atoms. The van der Waals surface area contributed by atoms with Crippen LogP contribution >= 0.6 is 0 Å². The fraction of sp³-hybridized carbons (Fsp3) is 0.571. The minimum atomic E-state index is 0.660. The van der Waals surface area contributed by atoms with E-state index in [1.807, 2.05) is 19.5 Å². The number of hydrogen-bond acceptors (Lipinski definition) is 2. The van der Waals surface area contributed by atoms with Crippen LogP contribution in [0, 0.1) is 5.92 Å². The molecular weight excluding hydrogens is 112 g/mol. The van der Waals surface area contributed by atoms with Crippen LogP contribution in [0.4, 0.5) is 0 Å². The first-order valence-electron chi connectivity index (χ1n) is 3.26. The summed E-state index contributed by atoms with van der Waals surface area (Å²) >= 11 is 0. The maximum Gasteiger partial charge on any atom is 0.0227 e. The Morgan fingerprint density at radius 3 is 3.22 bits per heavy atom. The zero-order chi connectivity index (χ0) is 6.53. The average molecular weight is 124 g/mol. The predicted octanol–water partition coefficient (Wildman–Crippen LogP) is 0.810. The lowest BCUT2D eigenvalue weighted by Crippen LogP contribution is -2.18. The van der Waals surface area contributed by atoms with Crippen molar-refractivity contribution >= 4 is 6.21 Å². The Morgan fingerprint density at radius 1 is 1.78 bits per heavy atom. The van der Waals surface area contributed by atoms with Gasteiger partial charge in [-0.25, -0.2) is 0 Å². The van der Waals surface area contributed by atoms with Crippen molar-refractivity contribution in [3.8, 4) is 0 Å². The fourth-order valence-corrected chi connectivity index (χ4v) is 0.921. The molecule has 1 aliphatic heterocycles. The van der Waals surface area contributed by atoms with Crippen LogP contribution in [-0.4, -0.2) is 19.8 Å². The van der Waals surface area contributed by atoms with Gasteiger partial charge >= 0.3 is 0 Å². The van der Waals surface area contributed by atoms with Gasteiger partial charge in [0.25, 0.3) is 0 Å². The molecule has 0 bridgehead atoms. The van der Waals surface area contributed by atoms with Gasteiger partial charge < -0.3 is 5.32 Å². The van der Waals surface area contributed by atoms with Gasteiger partial charge in [0.15, 0.2) is 0 Å². The SMILES string of the molecule is CNCC1C=CN=CC1. The van der Waals surface area contributed by atoms with Gasteiger partial charge in [0.1, 0.15) is 0 Å². The van der Waals surface area contributed by atoms with Gasteiger partial charge in [0.05, 0.1) is 0 Å². The van der Waals surface area contributed by atoms with E-state index in [-0.39, 0.29) is 0 Å². The van der Waals surface area contributed by atoms with E-state index < -0.39 is 0 Å². The van der Waals surface area contributed by atoms with Crippen LogP contribution in [-0.2, 0) is 0 Å². The summed E-state index contributed by atoms with van der Waals surface area (Å²) in [6.45, 7) is 1.06. The van der Waals surface area contributed by atoms with E-state index in [2.05, 4.69) is 16.4 Å². The van der Waals surface area contributed by atoms with Crippen LogP contribution < -0.4 is 5.32 Å². The van der Waals surface area contributed by atoms with Crippen molar-refractivity contribution in [3.63, 3.8) is 0 Å². The van der Waals surface area contributed by atoms with E-state index in [0.717, 1.165) is 13.0 Å².